The zero-order chi connectivity index (χ0) is 14.1. The summed E-state index contributed by atoms with van der Waals surface area (Å²) in [6.45, 7) is 3.05. The molecule has 4 nitrogen and oxygen atoms in total. The van der Waals surface area contributed by atoms with E-state index in [9.17, 15) is 4.79 Å². The van der Waals surface area contributed by atoms with Crippen LogP contribution in [0.1, 0.15) is 61.1 Å². The Balaban J connectivity index is 2.14. The summed E-state index contributed by atoms with van der Waals surface area (Å²) >= 11 is 0. The second kappa shape index (κ2) is 5.27. The fourth-order valence-corrected chi connectivity index (χ4v) is 3.23. The molecule has 106 valence electrons. The van der Waals surface area contributed by atoms with Gasteiger partial charge in [-0.05, 0) is 37.5 Å². The smallest absolute Gasteiger partial charge is 0.335 e. The predicted molar refractivity (Wildman–Crippen MR) is 78.2 cm³/mol. The maximum Gasteiger partial charge on any atom is 0.335 e. The molecule has 0 atom stereocenters. The number of aromatic nitrogens is 2. The molecule has 1 aromatic carbocycles. The summed E-state index contributed by atoms with van der Waals surface area (Å²) in [6.07, 6.45) is 6.00. The van der Waals surface area contributed by atoms with Crippen molar-refractivity contribution in [3.05, 3.63) is 29.6 Å². The number of rotatable bonds is 4. The average molecular weight is 272 g/mol. The number of hydrogen-bond acceptors (Lipinski definition) is 2. The van der Waals surface area contributed by atoms with Gasteiger partial charge >= 0.3 is 5.97 Å². The Labute approximate surface area is 118 Å². The van der Waals surface area contributed by atoms with Crippen molar-refractivity contribution in [3.63, 3.8) is 0 Å². The lowest BCUT2D eigenvalue weighted by molar-refractivity contribution is 0.0697. The molecule has 4 heteroatoms. The Kier molecular flexibility index (Phi) is 3.47. The van der Waals surface area contributed by atoms with Crippen molar-refractivity contribution in [1.29, 1.82) is 0 Å². The summed E-state index contributed by atoms with van der Waals surface area (Å²) in [5, 5.41) is 9.15. The second-order valence-corrected chi connectivity index (χ2v) is 5.61. The van der Waals surface area contributed by atoms with Gasteiger partial charge in [-0.2, -0.15) is 0 Å². The van der Waals surface area contributed by atoms with Crippen LogP contribution in [-0.4, -0.2) is 20.6 Å². The number of imidazole rings is 1. The van der Waals surface area contributed by atoms with Crippen LogP contribution in [0, 0.1) is 0 Å². The van der Waals surface area contributed by atoms with Gasteiger partial charge in [0.2, 0.25) is 0 Å². The first-order valence-corrected chi connectivity index (χ1v) is 7.44. The Morgan fingerprint density at radius 3 is 2.80 bits per heavy atom. The number of carboxylic acid groups (broad SMARTS) is 1. The van der Waals surface area contributed by atoms with E-state index in [1.807, 2.05) is 6.07 Å². The van der Waals surface area contributed by atoms with Gasteiger partial charge in [0, 0.05) is 12.5 Å². The van der Waals surface area contributed by atoms with Crippen LogP contribution in [-0.2, 0) is 6.54 Å². The van der Waals surface area contributed by atoms with E-state index in [-0.39, 0.29) is 0 Å². The van der Waals surface area contributed by atoms with Crippen LogP contribution < -0.4 is 0 Å². The first kappa shape index (κ1) is 13.2. The number of hydrogen-bond donors (Lipinski definition) is 1. The molecule has 2 aromatic rings. The molecule has 0 radical (unpaired) electrons. The third kappa shape index (κ3) is 2.19. The molecule has 0 amide bonds. The van der Waals surface area contributed by atoms with Crippen molar-refractivity contribution in [1.82, 2.24) is 9.55 Å². The normalized spacial score (nSPS) is 16.1. The highest BCUT2D eigenvalue weighted by Gasteiger charge is 2.23. The monoisotopic (exact) mass is 272 g/mol. The van der Waals surface area contributed by atoms with E-state index >= 15 is 0 Å². The van der Waals surface area contributed by atoms with Gasteiger partial charge in [-0.15, -0.1) is 0 Å². The van der Waals surface area contributed by atoms with Crippen molar-refractivity contribution in [2.24, 2.45) is 0 Å². The highest BCUT2D eigenvalue weighted by atomic mass is 16.4. The van der Waals surface area contributed by atoms with Crippen molar-refractivity contribution >= 4 is 17.0 Å². The molecule has 1 fully saturated rings. The predicted octanol–water partition coefficient (Wildman–Crippen LogP) is 3.80. The first-order chi connectivity index (χ1) is 9.70. The molecule has 20 heavy (non-hydrogen) atoms. The zero-order valence-electron chi connectivity index (χ0n) is 11.8. The lowest BCUT2D eigenvalue weighted by Gasteiger charge is -2.12. The Hall–Kier alpha value is -1.84. The number of carbonyl (C=O) groups is 1. The van der Waals surface area contributed by atoms with E-state index in [1.54, 1.807) is 12.1 Å². The van der Waals surface area contributed by atoms with E-state index in [1.165, 1.54) is 25.7 Å². The summed E-state index contributed by atoms with van der Waals surface area (Å²) in [5.41, 5.74) is 2.23. The van der Waals surface area contributed by atoms with Gasteiger partial charge in [-0.3, -0.25) is 0 Å². The minimum atomic E-state index is -0.876. The average Bonchev–Trinajstić information content (AvgIpc) is 3.06. The van der Waals surface area contributed by atoms with Gasteiger partial charge in [0.1, 0.15) is 5.82 Å². The van der Waals surface area contributed by atoms with Gasteiger partial charge in [-0.1, -0.05) is 19.8 Å². The summed E-state index contributed by atoms with van der Waals surface area (Å²) < 4.78 is 2.23. The zero-order valence-corrected chi connectivity index (χ0v) is 11.8. The molecule has 0 saturated heterocycles. The molecule has 0 spiro atoms. The number of aromatic carboxylic acids is 1. The van der Waals surface area contributed by atoms with E-state index < -0.39 is 5.97 Å². The van der Waals surface area contributed by atoms with E-state index in [0.29, 0.717) is 11.5 Å². The molecule has 0 bridgehead atoms. The van der Waals surface area contributed by atoms with Crippen molar-refractivity contribution in [2.75, 3.05) is 0 Å². The van der Waals surface area contributed by atoms with Gasteiger partial charge in [0.25, 0.3) is 0 Å². The minimum absolute atomic E-state index is 0.340. The topological polar surface area (TPSA) is 55.1 Å². The minimum Gasteiger partial charge on any atom is -0.478 e. The van der Waals surface area contributed by atoms with E-state index in [0.717, 1.165) is 29.8 Å². The molecule has 0 unspecified atom stereocenters. The fourth-order valence-electron chi connectivity index (χ4n) is 3.23. The van der Waals surface area contributed by atoms with E-state index in [2.05, 4.69) is 11.5 Å². The molecule has 3 rings (SSSR count). The number of benzene rings is 1. The Morgan fingerprint density at radius 1 is 1.40 bits per heavy atom. The molecular formula is C16H20N2O2. The molecule has 1 saturated carbocycles. The molecule has 1 aliphatic carbocycles. The van der Waals surface area contributed by atoms with Crippen molar-refractivity contribution in [3.8, 4) is 0 Å². The number of carboxylic acids is 1. The molecular weight excluding hydrogens is 252 g/mol. The van der Waals surface area contributed by atoms with Gasteiger partial charge < -0.3 is 9.67 Å². The summed E-state index contributed by atoms with van der Waals surface area (Å²) in [7, 11) is 0. The molecule has 1 N–H and O–H groups in total. The van der Waals surface area contributed by atoms with Crippen LogP contribution >= 0.6 is 0 Å². The third-order valence-corrected chi connectivity index (χ3v) is 4.19. The quantitative estimate of drug-likeness (QED) is 0.921. The van der Waals surface area contributed by atoms with Crippen LogP contribution in [0.3, 0.4) is 0 Å². The highest BCUT2D eigenvalue weighted by Crippen LogP contribution is 2.35. The lowest BCUT2D eigenvalue weighted by Crippen LogP contribution is -2.07. The molecule has 1 aliphatic rings. The molecule has 1 aromatic heterocycles. The highest BCUT2D eigenvalue weighted by molar-refractivity contribution is 5.92. The lowest BCUT2D eigenvalue weighted by atomic mass is 10.1. The van der Waals surface area contributed by atoms with Gasteiger partial charge in [-0.25, -0.2) is 9.78 Å². The summed E-state index contributed by atoms with van der Waals surface area (Å²) in [6, 6.07) is 5.24. The van der Waals surface area contributed by atoms with Crippen LogP contribution in [0.5, 0.6) is 0 Å². The van der Waals surface area contributed by atoms with Gasteiger partial charge in [0.15, 0.2) is 0 Å². The summed E-state index contributed by atoms with van der Waals surface area (Å²) in [5.74, 6) is 0.822. The molecule has 0 aliphatic heterocycles. The Morgan fingerprint density at radius 2 is 2.15 bits per heavy atom. The number of aryl methyl sites for hydroxylation is 1. The van der Waals surface area contributed by atoms with Crippen molar-refractivity contribution in [2.45, 2.75) is 51.5 Å². The molecule has 1 heterocycles. The second-order valence-electron chi connectivity index (χ2n) is 5.61. The van der Waals surface area contributed by atoms with Crippen LogP contribution in [0.4, 0.5) is 0 Å². The van der Waals surface area contributed by atoms with Crippen LogP contribution in [0.25, 0.3) is 11.0 Å². The maximum atomic E-state index is 11.1. The Bertz CT molecular complexity index is 639. The summed E-state index contributed by atoms with van der Waals surface area (Å²) in [4.78, 5) is 15.9. The van der Waals surface area contributed by atoms with Crippen LogP contribution in [0.2, 0.25) is 0 Å². The van der Waals surface area contributed by atoms with E-state index in [4.69, 9.17) is 10.1 Å². The maximum absolute atomic E-state index is 11.1. The SMILES string of the molecule is CCCn1c(C2CCCC2)nc2ccc(C(=O)O)cc21. The van der Waals surface area contributed by atoms with Crippen LogP contribution in [0.15, 0.2) is 18.2 Å². The number of fused-ring (bicyclic) bond motifs is 1. The fraction of sp³-hybridized carbons (Fsp3) is 0.500. The first-order valence-electron chi connectivity index (χ1n) is 7.44. The standard InChI is InChI=1S/C16H20N2O2/c1-2-9-18-14-10-12(16(19)20)7-8-13(14)17-15(18)11-5-3-4-6-11/h7-8,10-11H,2-6,9H2,1H3,(H,19,20). The van der Waals surface area contributed by atoms with Crippen molar-refractivity contribution < 1.29 is 9.90 Å². The number of nitrogens with zero attached hydrogens (tertiary/aromatic N) is 2. The van der Waals surface area contributed by atoms with Gasteiger partial charge in [0.05, 0.1) is 16.6 Å². The largest absolute Gasteiger partial charge is 0.478 e. The third-order valence-electron chi connectivity index (χ3n) is 4.19.